The Morgan fingerprint density at radius 3 is 2.88 bits per heavy atom. The first-order valence-electron chi connectivity index (χ1n) is 5.63. The van der Waals surface area contributed by atoms with Crippen LogP contribution in [0.4, 0.5) is 4.39 Å². The van der Waals surface area contributed by atoms with Gasteiger partial charge in [0.05, 0.1) is 0 Å². The summed E-state index contributed by atoms with van der Waals surface area (Å²) in [6, 6.07) is 2.94. The molecule has 2 aromatic rings. The topological polar surface area (TPSA) is 25.2 Å². The number of fused-ring (bicyclic) bond motifs is 1. The van der Waals surface area contributed by atoms with Crippen LogP contribution in [0.15, 0.2) is 18.3 Å². The predicted molar refractivity (Wildman–Crippen MR) is 61.0 cm³/mol. The van der Waals surface area contributed by atoms with Crippen molar-refractivity contribution >= 4 is 10.8 Å². The van der Waals surface area contributed by atoms with Crippen LogP contribution in [-0.4, -0.2) is 9.67 Å². The summed E-state index contributed by atoms with van der Waals surface area (Å²) in [5.41, 5.74) is 0.794. The molecule has 1 fully saturated rings. The van der Waals surface area contributed by atoms with Crippen LogP contribution in [0.3, 0.4) is 0 Å². The van der Waals surface area contributed by atoms with Crippen molar-refractivity contribution in [1.82, 2.24) is 4.57 Å². The zero-order chi connectivity index (χ0) is 11.3. The summed E-state index contributed by atoms with van der Waals surface area (Å²) in [5, 5.41) is 11.6. The molecule has 0 atom stereocenters. The maximum Gasteiger partial charge on any atom is 0.199 e. The highest BCUT2D eigenvalue weighted by molar-refractivity contribution is 5.90. The molecule has 16 heavy (non-hydrogen) atoms. The number of aromatic hydroxyl groups is 1. The fourth-order valence-electron chi connectivity index (χ4n) is 2.27. The Balaban J connectivity index is 2.16. The standard InChI is InChI=1S/C13H14FNO/c1-8-4-11(14)5-10-7-15(6-9-2-3-9)13(16)12(8)10/h4-5,7,9,16H,2-3,6H2,1H3. The minimum Gasteiger partial charge on any atom is -0.494 e. The third kappa shape index (κ3) is 1.47. The quantitative estimate of drug-likeness (QED) is 0.824. The first-order chi connectivity index (χ1) is 7.65. The molecule has 1 aliphatic rings. The summed E-state index contributed by atoms with van der Waals surface area (Å²) >= 11 is 0. The van der Waals surface area contributed by atoms with E-state index in [0.29, 0.717) is 5.92 Å². The third-order valence-corrected chi connectivity index (χ3v) is 3.27. The Bertz CT molecular complexity index is 555. The van der Waals surface area contributed by atoms with Gasteiger partial charge in [-0.05, 0) is 43.4 Å². The molecule has 3 rings (SSSR count). The second kappa shape index (κ2) is 3.24. The van der Waals surface area contributed by atoms with Gasteiger partial charge in [-0.2, -0.15) is 0 Å². The lowest BCUT2D eigenvalue weighted by molar-refractivity contribution is 0.415. The van der Waals surface area contributed by atoms with E-state index in [0.717, 1.165) is 22.9 Å². The van der Waals surface area contributed by atoms with Gasteiger partial charge in [0.1, 0.15) is 5.82 Å². The van der Waals surface area contributed by atoms with Gasteiger partial charge < -0.3 is 9.67 Å². The molecule has 1 aliphatic carbocycles. The lowest BCUT2D eigenvalue weighted by atomic mass is 10.1. The zero-order valence-corrected chi connectivity index (χ0v) is 9.20. The van der Waals surface area contributed by atoms with Crippen LogP contribution in [0.1, 0.15) is 18.4 Å². The third-order valence-electron chi connectivity index (χ3n) is 3.27. The normalized spacial score (nSPS) is 15.9. The molecule has 1 aromatic carbocycles. The second-order valence-corrected chi connectivity index (χ2v) is 4.74. The largest absolute Gasteiger partial charge is 0.494 e. The number of aromatic nitrogens is 1. The van der Waals surface area contributed by atoms with Crippen molar-refractivity contribution in [3.05, 3.63) is 29.7 Å². The molecule has 0 aliphatic heterocycles. The number of benzene rings is 1. The molecule has 1 heterocycles. The van der Waals surface area contributed by atoms with Gasteiger partial charge in [-0.1, -0.05) is 0 Å². The average molecular weight is 219 g/mol. The molecule has 0 bridgehead atoms. The highest BCUT2D eigenvalue weighted by Crippen LogP contribution is 2.36. The number of hydrogen-bond acceptors (Lipinski definition) is 1. The highest BCUT2D eigenvalue weighted by Gasteiger charge is 2.23. The highest BCUT2D eigenvalue weighted by atomic mass is 19.1. The summed E-state index contributed by atoms with van der Waals surface area (Å²) in [5.74, 6) is 0.728. The maximum absolute atomic E-state index is 13.2. The van der Waals surface area contributed by atoms with Crippen LogP contribution in [-0.2, 0) is 6.54 Å². The second-order valence-electron chi connectivity index (χ2n) is 4.74. The fraction of sp³-hybridized carbons (Fsp3) is 0.385. The van der Waals surface area contributed by atoms with Gasteiger partial charge in [0, 0.05) is 23.5 Å². The molecule has 1 aromatic heterocycles. The number of halogens is 1. The summed E-state index contributed by atoms with van der Waals surface area (Å²) < 4.78 is 15.1. The summed E-state index contributed by atoms with van der Waals surface area (Å²) in [4.78, 5) is 0. The minimum absolute atomic E-state index is 0.242. The van der Waals surface area contributed by atoms with Gasteiger partial charge in [0.15, 0.2) is 5.88 Å². The minimum atomic E-state index is -0.242. The van der Waals surface area contributed by atoms with E-state index in [1.165, 1.54) is 25.0 Å². The fourth-order valence-corrected chi connectivity index (χ4v) is 2.27. The van der Waals surface area contributed by atoms with Gasteiger partial charge in [0.2, 0.25) is 0 Å². The van der Waals surface area contributed by atoms with Crippen LogP contribution in [0.2, 0.25) is 0 Å². The van der Waals surface area contributed by atoms with Gasteiger partial charge >= 0.3 is 0 Å². The van der Waals surface area contributed by atoms with E-state index in [1.54, 1.807) is 0 Å². The van der Waals surface area contributed by atoms with Crippen LogP contribution >= 0.6 is 0 Å². The van der Waals surface area contributed by atoms with Crippen molar-refractivity contribution in [1.29, 1.82) is 0 Å². The summed E-state index contributed by atoms with van der Waals surface area (Å²) in [6.45, 7) is 2.67. The van der Waals surface area contributed by atoms with Crippen LogP contribution < -0.4 is 0 Å². The van der Waals surface area contributed by atoms with E-state index in [9.17, 15) is 9.50 Å². The Morgan fingerprint density at radius 1 is 1.44 bits per heavy atom. The van der Waals surface area contributed by atoms with E-state index in [-0.39, 0.29) is 11.7 Å². The first kappa shape index (κ1) is 9.70. The van der Waals surface area contributed by atoms with E-state index in [1.807, 2.05) is 17.7 Å². The van der Waals surface area contributed by atoms with Crippen molar-refractivity contribution in [3.63, 3.8) is 0 Å². The zero-order valence-electron chi connectivity index (χ0n) is 9.20. The van der Waals surface area contributed by atoms with Gasteiger partial charge in [-0.15, -0.1) is 0 Å². The Morgan fingerprint density at radius 2 is 2.19 bits per heavy atom. The Hall–Kier alpha value is -1.51. The maximum atomic E-state index is 13.2. The Labute approximate surface area is 93.3 Å². The van der Waals surface area contributed by atoms with Gasteiger partial charge in [-0.25, -0.2) is 4.39 Å². The summed E-state index contributed by atoms with van der Waals surface area (Å²) in [7, 11) is 0. The van der Waals surface area contributed by atoms with E-state index >= 15 is 0 Å². The molecule has 1 saturated carbocycles. The van der Waals surface area contributed by atoms with Gasteiger partial charge in [-0.3, -0.25) is 0 Å². The van der Waals surface area contributed by atoms with Crippen LogP contribution in [0, 0.1) is 18.7 Å². The van der Waals surface area contributed by atoms with Gasteiger partial charge in [0.25, 0.3) is 0 Å². The lowest BCUT2D eigenvalue weighted by Gasteiger charge is -2.02. The van der Waals surface area contributed by atoms with Crippen LogP contribution in [0.25, 0.3) is 10.8 Å². The molecule has 0 saturated heterocycles. The molecule has 84 valence electrons. The van der Waals surface area contributed by atoms with Crippen LogP contribution in [0.5, 0.6) is 5.88 Å². The van der Waals surface area contributed by atoms with Crippen molar-refractivity contribution in [2.24, 2.45) is 5.92 Å². The Kier molecular flexibility index (Phi) is 1.96. The number of hydrogen-bond donors (Lipinski definition) is 1. The molecule has 0 amide bonds. The monoisotopic (exact) mass is 219 g/mol. The molecule has 0 radical (unpaired) electrons. The predicted octanol–water partition coefficient (Wildman–Crippen LogP) is 3.20. The number of rotatable bonds is 2. The molecule has 0 spiro atoms. The number of nitrogens with zero attached hydrogens (tertiary/aromatic N) is 1. The van der Waals surface area contributed by atoms with E-state index < -0.39 is 0 Å². The first-order valence-corrected chi connectivity index (χ1v) is 5.63. The van der Waals surface area contributed by atoms with Crippen molar-refractivity contribution in [2.45, 2.75) is 26.3 Å². The SMILES string of the molecule is Cc1cc(F)cc2cn(CC3CC3)c(O)c12. The molecule has 3 heteroatoms. The molecular weight excluding hydrogens is 205 g/mol. The molecule has 0 unspecified atom stereocenters. The van der Waals surface area contributed by atoms with Crippen molar-refractivity contribution in [3.8, 4) is 5.88 Å². The van der Waals surface area contributed by atoms with E-state index in [2.05, 4.69) is 0 Å². The van der Waals surface area contributed by atoms with Crippen molar-refractivity contribution < 1.29 is 9.50 Å². The van der Waals surface area contributed by atoms with E-state index in [4.69, 9.17) is 0 Å². The molecule has 2 nitrogen and oxygen atoms in total. The smallest absolute Gasteiger partial charge is 0.199 e. The molecular formula is C13H14FNO. The molecule has 1 N–H and O–H groups in total. The lowest BCUT2D eigenvalue weighted by Crippen LogP contribution is -1.96. The average Bonchev–Trinajstić information content (AvgIpc) is 2.93. The van der Waals surface area contributed by atoms with Crippen molar-refractivity contribution in [2.75, 3.05) is 0 Å². The summed E-state index contributed by atoms with van der Waals surface area (Å²) in [6.07, 6.45) is 4.32. The number of aryl methyl sites for hydroxylation is 1.